The van der Waals surface area contributed by atoms with Crippen LogP contribution in [0.4, 0.5) is 5.69 Å². The van der Waals surface area contributed by atoms with Crippen LogP contribution in [0.5, 0.6) is 0 Å². The fourth-order valence-corrected chi connectivity index (χ4v) is 3.47. The number of hydrogen-bond acceptors (Lipinski definition) is 6. The lowest BCUT2D eigenvalue weighted by atomic mass is 9.97. The number of anilines is 1. The third-order valence-corrected chi connectivity index (χ3v) is 4.85. The van der Waals surface area contributed by atoms with Crippen molar-refractivity contribution in [3.63, 3.8) is 0 Å². The summed E-state index contributed by atoms with van der Waals surface area (Å²) >= 11 is 0. The van der Waals surface area contributed by atoms with Crippen LogP contribution in [0.25, 0.3) is 5.65 Å². The van der Waals surface area contributed by atoms with Gasteiger partial charge in [-0.1, -0.05) is 0 Å². The molecule has 0 radical (unpaired) electrons. The van der Waals surface area contributed by atoms with E-state index in [2.05, 4.69) is 41.4 Å². The molecule has 1 aliphatic carbocycles. The smallest absolute Gasteiger partial charge is 0.200 e. The highest BCUT2D eigenvalue weighted by atomic mass is 15.4. The molecule has 4 heterocycles. The first-order valence-corrected chi connectivity index (χ1v) is 8.19. The van der Waals surface area contributed by atoms with Gasteiger partial charge in [-0.3, -0.25) is 5.10 Å². The molecule has 23 heavy (non-hydrogen) atoms. The van der Waals surface area contributed by atoms with E-state index in [-0.39, 0.29) is 0 Å². The molecule has 0 amide bonds. The number of H-pyrrole nitrogens is 1. The molecular weight excluding hydrogens is 292 g/mol. The second kappa shape index (κ2) is 5.00. The molecule has 3 aromatic heterocycles. The minimum Gasteiger partial charge on any atom is -0.368 e. The van der Waals surface area contributed by atoms with Gasteiger partial charge in [0.15, 0.2) is 0 Å². The summed E-state index contributed by atoms with van der Waals surface area (Å²) in [4.78, 5) is 6.73. The molecule has 1 saturated carbocycles. The van der Waals surface area contributed by atoms with Crippen molar-refractivity contribution in [3.8, 4) is 0 Å². The second-order valence-electron chi connectivity index (χ2n) is 6.48. The standard InChI is InChI=1S/C15H18N8/c1-2-11(14-16-8-17-19-14)7-22(5-1)13-6-12(10-3-4-10)21-23-9-18-20-15(13)23/h6,8-11H,1-5,7H2,(H,16,17,19). The van der Waals surface area contributed by atoms with Crippen LogP contribution in [0.15, 0.2) is 18.7 Å². The first kappa shape index (κ1) is 13.0. The molecule has 8 nitrogen and oxygen atoms in total. The molecule has 118 valence electrons. The van der Waals surface area contributed by atoms with Crippen LogP contribution >= 0.6 is 0 Å². The van der Waals surface area contributed by atoms with Crippen LogP contribution in [0, 0.1) is 0 Å². The number of nitrogens with zero attached hydrogens (tertiary/aromatic N) is 7. The van der Waals surface area contributed by atoms with E-state index >= 15 is 0 Å². The Hall–Kier alpha value is -2.51. The Morgan fingerprint density at radius 3 is 2.96 bits per heavy atom. The molecule has 2 aliphatic rings. The van der Waals surface area contributed by atoms with Gasteiger partial charge in [-0.25, -0.2) is 4.98 Å². The summed E-state index contributed by atoms with van der Waals surface area (Å²) in [5, 5.41) is 20.0. The summed E-state index contributed by atoms with van der Waals surface area (Å²) in [7, 11) is 0. The lowest BCUT2D eigenvalue weighted by molar-refractivity contribution is 0.492. The Morgan fingerprint density at radius 1 is 1.17 bits per heavy atom. The number of aromatic amines is 1. The number of rotatable bonds is 3. The zero-order chi connectivity index (χ0) is 15.2. The van der Waals surface area contributed by atoms with E-state index in [1.54, 1.807) is 12.7 Å². The molecular formula is C15H18N8. The normalized spacial score (nSPS) is 21.9. The number of fused-ring (bicyclic) bond motifs is 1. The summed E-state index contributed by atoms with van der Waals surface area (Å²) < 4.78 is 1.82. The Labute approximate surface area is 132 Å². The van der Waals surface area contributed by atoms with E-state index in [9.17, 15) is 0 Å². The van der Waals surface area contributed by atoms with Crippen molar-refractivity contribution in [3.05, 3.63) is 30.2 Å². The maximum Gasteiger partial charge on any atom is 0.200 e. The van der Waals surface area contributed by atoms with E-state index in [0.29, 0.717) is 11.8 Å². The fraction of sp³-hybridized carbons (Fsp3) is 0.533. The molecule has 2 fully saturated rings. The van der Waals surface area contributed by atoms with Crippen molar-refractivity contribution in [2.24, 2.45) is 0 Å². The van der Waals surface area contributed by atoms with Gasteiger partial charge in [0, 0.05) is 24.9 Å². The van der Waals surface area contributed by atoms with Gasteiger partial charge in [0.05, 0.1) is 11.4 Å². The van der Waals surface area contributed by atoms with Crippen LogP contribution in [-0.2, 0) is 0 Å². The van der Waals surface area contributed by atoms with Crippen molar-refractivity contribution >= 4 is 11.3 Å². The van der Waals surface area contributed by atoms with E-state index in [1.807, 2.05) is 4.52 Å². The second-order valence-corrected chi connectivity index (χ2v) is 6.48. The Balaban J connectivity index is 1.52. The molecule has 0 aromatic carbocycles. The maximum atomic E-state index is 4.66. The molecule has 1 aliphatic heterocycles. The molecule has 3 aromatic rings. The van der Waals surface area contributed by atoms with Crippen molar-refractivity contribution in [1.29, 1.82) is 0 Å². The van der Waals surface area contributed by atoms with Gasteiger partial charge in [0.1, 0.15) is 18.5 Å². The molecule has 0 bridgehead atoms. The highest BCUT2D eigenvalue weighted by molar-refractivity contribution is 5.69. The van der Waals surface area contributed by atoms with Crippen LogP contribution in [0.2, 0.25) is 0 Å². The minimum atomic E-state index is 0.381. The van der Waals surface area contributed by atoms with Crippen LogP contribution < -0.4 is 4.90 Å². The van der Waals surface area contributed by atoms with Gasteiger partial charge in [-0.2, -0.15) is 14.7 Å². The molecule has 1 saturated heterocycles. The van der Waals surface area contributed by atoms with E-state index < -0.39 is 0 Å². The Kier molecular flexibility index (Phi) is 2.82. The Morgan fingerprint density at radius 2 is 2.13 bits per heavy atom. The van der Waals surface area contributed by atoms with Crippen molar-refractivity contribution in [2.75, 3.05) is 18.0 Å². The van der Waals surface area contributed by atoms with Gasteiger partial charge in [0.2, 0.25) is 5.65 Å². The van der Waals surface area contributed by atoms with Gasteiger partial charge in [-0.15, -0.1) is 10.2 Å². The predicted molar refractivity (Wildman–Crippen MR) is 83.3 cm³/mol. The third kappa shape index (κ3) is 2.25. The molecule has 1 unspecified atom stereocenters. The summed E-state index contributed by atoms with van der Waals surface area (Å²) in [5.74, 6) is 1.96. The topological polar surface area (TPSA) is 87.9 Å². The molecule has 8 heteroatoms. The molecule has 0 spiro atoms. The zero-order valence-corrected chi connectivity index (χ0v) is 12.8. The highest BCUT2D eigenvalue weighted by Crippen LogP contribution is 2.41. The average Bonchev–Trinajstić information content (AvgIpc) is 3.11. The average molecular weight is 310 g/mol. The highest BCUT2D eigenvalue weighted by Gasteiger charge is 2.29. The van der Waals surface area contributed by atoms with Gasteiger partial charge in [-0.05, 0) is 31.7 Å². The first-order chi connectivity index (χ1) is 11.4. The largest absolute Gasteiger partial charge is 0.368 e. The van der Waals surface area contributed by atoms with E-state index in [1.165, 1.54) is 12.8 Å². The lowest BCUT2D eigenvalue weighted by Crippen LogP contribution is -2.35. The van der Waals surface area contributed by atoms with Crippen molar-refractivity contribution in [2.45, 2.75) is 37.5 Å². The number of hydrogen-bond donors (Lipinski definition) is 1. The van der Waals surface area contributed by atoms with E-state index in [0.717, 1.165) is 48.8 Å². The van der Waals surface area contributed by atoms with Crippen molar-refractivity contribution in [1.82, 2.24) is 35.0 Å². The number of nitrogens with one attached hydrogen (secondary N) is 1. The van der Waals surface area contributed by atoms with Gasteiger partial charge in [0.25, 0.3) is 0 Å². The zero-order valence-electron chi connectivity index (χ0n) is 12.8. The minimum absolute atomic E-state index is 0.381. The summed E-state index contributed by atoms with van der Waals surface area (Å²) in [6, 6.07) is 2.21. The monoisotopic (exact) mass is 310 g/mol. The number of aromatic nitrogens is 7. The quantitative estimate of drug-likeness (QED) is 0.789. The molecule has 5 rings (SSSR count). The lowest BCUT2D eigenvalue weighted by Gasteiger charge is -2.33. The summed E-state index contributed by atoms with van der Waals surface area (Å²) in [6.45, 7) is 1.95. The van der Waals surface area contributed by atoms with Gasteiger partial charge < -0.3 is 4.90 Å². The summed E-state index contributed by atoms with van der Waals surface area (Å²) in [6.07, 6.45) is 8.02. The van der Waals surface area contributed by atoms with Gasteiger partial charge >= 0.3 is 0 Å². The fourth-order valence-electron chi connectivity index (χ4n) is 3.47. The maximum absolute atomic E-state index is 4.66. The third-order valence-electron chi connectivity index (χ3n) is 4.85. The summed E-state index contributed by atoms with van der Waals surface area (Å²) in [5.41, 5.74) is 3.14. The first-order valence-electron chi connectivity index (χ1n) is 8.19. The van der Waals surface area contributed by atoms with E-state index in [4.69, 9.17) is 0 Å². The van der Waals surface area contributed by atoms with Crippen LogP contribution in [-0.4, -0.2) is 48.1 Å². The van der Waals surface area contributed by atoms with Crippen LogP contribution in [0.1, 0.15) is 49.0 Å². The number of piperidine rings is 1. The predicted octanol–water partition coefficient (Wildman–Crippen LogP) is 1.50. The SMILES string of the molecule is c1n[nH]c(C2CCCN(c3cc(C4CC4)nn4cnnc34)C2)n1. The molecule has 1 N–H and O–H groups in total. The van der Waals surface area contributed by atoms with Crippen LogP contribution in [0.3, 0.4) is 0 Å². The Bertz CT molecular complexity index is 819. The molecule has 1 atom stereocenters. The van der Waals surface area contributed by atoms with Crippen molar-refractivity contribution < 1.29 is 0 Å².